The van der Waals surface area contributed by atoms with Gasteiger partial charge in [-0.05, 0) is 43.9 Å². The molecule has 1 aromatic carbocycles. The van der Waals surface area contributed by atoms with Crippen LogP contribution in [-0.4, -0.2) is 36.2 Å². The summed E-state index contributed by atoms with van der Waals surface area (Å²) in [6.07, 6.45) is 3.37. The molecule has 0 aliphatic carbocycles. The molecule has 2 N–H and O–H groups in total. The van der Waals surface area contributed by atoms with Gasteiger partial charge in [-0.15, -0.1) is 11.8 Å². The summed E-state index contributed by atoms with van der Waals surface area (Å²) in [6.45, 7) is 2.53. The number of carbonyl (C=O) groups is 1. The van der Waals surface area contributed by atoms with Crippen LogP contribution in [0.3, 0.4) is 0 Å². The van der Waals surface area contributed by atoms with Crippen molar-refractivity contribution in [1.29, 1.82) is 0 Å². The third-order valence-corrected chi connectivity index (χ3v) is 4.55. The van der Waals surface area contributed by atoms with Crippen molar-refractivity contribution in [3.05, 3.63) is 30.3 Å². The maximum absolute atomic E-state index is 12.2. The van der Waals surface area contributed by atoms with Gasteiger partial charge in [0.1, 0.15) is 0 Å². The van der Waals surface area contributed by atoms with E-state index in [2.05, 4.69) is 0 Å². The highest BCUT2D eigenvalue weighted by molar-refractivity contribution is 8.00. The number of amides is 1. The Labute approximate surface area is 119 Å². The molecule has 0 bridgehead atoms. The van der Waals surface area contributed by atoms with Crippen molar-refractivity contribution in [3.8, 4) is 0 Å². The lowest BCUT2D eigenvalue weighted by molar-refractivity contribution is -0.130. The van der Waals surface area contributed by atoms with Gasteiger partial charge >= 0.3 is 0 Å². The summed E-state index contributed by atoms with van der Waals surface area (Å²) in [7, 11) is 0. The van der Waals surface area contributed by atoms with Crippen LogP contribution < -0.4 is 5.73 Å². The van der Waals surface area contributed by atoms with E-state index in [0.717, 1.165) is 37.4 Å². The first-order chi connectivity index (χ1) is 9.29. The molecule has 1 aromatic rings. The predicted molar refractivity (Wildman–Crippen MR) is 80.1 cm³/mol. The van der Waals surface area contributed by atoms with E-state index in [1.807, 2.05) is 35.2 Å². The number of hydrogen-bond donors (Lipinski definition) is 1. The number of thioether (sulfide) groups is 1. The van der Waals surface area contributed by atoms with Crippen molar-refractivity contribution in [3.63, 3.8) is 0 Å². The largest absolute Gasteiger partial charge is 0.342 e. The Balaban J connectivity index is 1.79. The second-order valence-electron chi connectivity index (χ2n) is 5.03. The van der Waals surface area contributed by atoms with Gasteiger partial charge in [0.15, 0.2) is 0 Å². The lowest BCUT2D eigenvalue weighted by Crippen LogP contribution is -2.41. The molecule has 1 unspecified atom stereocenters. The lowest BCUT2D eigenvalue weighted by atomic mass is 9.95. The minimum Gasteiger partial charge on any atom is -0.342 e. The Morgan fingerprint density at radius 2 is 2.16 bits per heavy atom. The Bertz CT molecular complexity index is 394. The van der Waals surface area contributed by atoms with E-state index in [4.69, 9.17) is 5.73 Å². The van der Waals surface area contributed by atoms with Gasteiger partial charge in [-0.2, -0.15) is 0 Å². The maximum Gasteiger partial charge on any atom is 0.232 e. The highest BCUT2D eigenvalue weighted by Gasteiger charge is 2.22. The average molecular weight is 278 g/mol. The van der Waals surface area contributed by atoms with Gasteiger partial charge in [0, 0.05) is 18.0 Å². The number of hydrogen-bond acceptors (Lipinski definition) is 3. The van der Waals surface area contributed by atoms with Crippen molar-refractivity contribution < 1.29 is 4.79 Å². The summed E-state index contributed by atoms with van der Waals surface area (Å²) in [5.74, 6) is 1.40. The summed E-state index contributed by atoms with van der Waals surface area (Å²) in [4.78, 5) is 15.4. The Kier molecular flexibility index (Phi) is 5.73. The molecule has 1 aliphatic rings. The van der Waals surface area contributed by atoms with Crippen molar-refractivity contribution in [1.82, 2.24) is 4.90 Å². The van der Waals surface area contributed by atoms with Crippen LogP contribution in [0.2, 0.25) is 0 Å². The number of rotatable bonds is 5. The Hall–Kier alpha value is -1.00. The second kappa shape index (κ2) is 7.56. The molecule has 0 spiro atoms. The van der Waals surface area contributed by atoms with E-state index < -0.39 is 0 Å². The zero-order valence-corrected chi connectivity index (χ0v) is 12.1. The topological polar surface area (TPSA) is 46.3 Å². The molecule has 0 aromatic heterocycles. The third kappa shape index (κ3) is 4.55. The van der Waals surface area contributed by atoms with Crippen LogP contribution in [0.1, 0.15) is 19.3 Å². The first kappa shape index (κ1) is 14.4. The molecule has 4 heteroatoms. The molecule has 1 fully saturated rings. The van der Waals surface area contributed by atoms with Gasteiger partial charge in [-0.25, -0.2) is 0 Å². The standard InChI is InChI=1S/C15H22N2OS/c16-9-8-13-5-4-10-17(11-13)15(18)12-19-14-6-2-1-3-7-14/h1-3,6-7,13H,4-5,8-12,16H2. The summed E-state index contributed by atoms with van der Waals surface area (Å²) in [5, 5.41) is 0. The molecule has 2 rings (SSSR count). The Morgan fingerprint density at radius 1 is 1.37 bits per heavy atom. The number of nitrogens with zero attached hydrogens (tertiary/aromatic N) is 1. The molecule has 1 aliphatic heterocycles. The predicted octanol–water partition coefficient (Wildman–Crippen LogP) is 2.37. The smallest absolute Gasteiger partial charge is 0.232 e. The van der Waals surface area contributed by atoms with Gasteiger partial charge < -0.3 is 10.6 Å². The van der Waals surface area contributed by atoms with Crippen LogP contribution in [0.15, 0.2) is 35.2 Å². The van der Waals surface area contributed by atoms with Gasteiger partial charge in [-0.3, -0.25) is 4.79 Å². The summed E-state index contributed by atoms with van der Waals surface area (Å²) in [6, 6.07) is 10.1. The zero-order valence-electron chi connectivity index (χ0n) is 11.3. The molecule has 1 amide bonds. The number of benzene rings is 1. The van der Waals surface area contributed by atoms with Crippen molar-refractivity contribution in [2.24, 2.45) is 11.7 Å². The van der Waals surface area contributed by atoms with Crippen LogP contribution in [0, 0.1) is 5.92 Å². The minimum absolute atomic E-state index is 0.260. The van der Waals surface area contributed by atoms with Gasteiger partial charge in [0.05, 0.1) is 5.75 Å². The first-order valence-corrected chi connectivity index (χ1v) is 7.94. The van der Waals surface area contributed by atoms with E-state index in [-0.39, 0.29) is 5.91 Å². The van der Waals surface area contributed by atoms with E-state index in [9.17, 15) is 4.79 Å². The number of piperidine rings is 1. The SMILES string of the molecule is NCCC1CCCN(C(=O)CSc2ccccc2)C1. The van der Waals surface area contributed by atoms with Crippen LogP contribution in [-0.2, 0) is 4.79 Å². The zero-order chi connectivity index (χ0) is 13.5. The summed E-state index contributed by atoms with van der Waals surface area (Å²) >= 11 is 1.62. The molecule has 104 valence electrons. The van der Waals surface area contributed by atoms with Gasteiger partial charge in [-0.1, -0.05) is 18.2 Å². The quantitative estimate of drug-likeness (QED) is 0.841. The monoisotopic (exact) mass is 278 g/mol. The van der Waals surface area contributed by atoms with Gasteiger partial charge in [0.2, 0.25) is 5.91 Å². The minimum atomic E-state index is 0.260. The molecule has 0 saturated carbocycles. The van der Waals surface area contributed by atoms with Crippen LogP contribution in [0.4, 0.5) is 0 Å². The second-order valence-corrected chi connectivity index (χ2v) is 6.08. The van der Waals surface area contributed by atoms with Crippen LogP contribution in [0.25, 0.3) is 0 Å². The summed E-state index contributed by atoms with van der Waals surface area (Å²) < 4.78 is 0. The molecule has 0 radical (unpaired) electrons. The Morgan fingerprint density at radius 3 is 2.89 bits per heavy atom. The molecular weight excluding hydrogens is 256 g/mol. The van der Waals surface area contributed by atoms with E-state index >= 15 is 0 Å². The van der Waals surface area contributed by atoms with E-state index in [0.29, 0.717) is 11.7 Å². The normalized spacial score (nSPS) is 19.4. The molecule has 3 nitrogen and oxygen atoms in total. The highest BCUT2D eigenvalue weighted by Crippen LogP contribution is 2.22. The number of likely N-dealkylation sites (tertiary alicyclic amines) is 1. The maximum atomic E-state index is 12.2. The lowest BCUT2D eigenvalue weighted by Gasteiger charge is -2.32. The molecular formula is C15H22N2OS. The molecule has 1 saturated heterocycles. The first-order valence-electron chi connectivity index (χ1n) is 6.95. The van der Waals surface area contributed by atoms with Crippen LogP contribution in [0.5, 0.6) is 0 Å². The fourth-order valence-electron chi connectivity index (χ4n) is 2.52. The third-order valence-electron chi connectivity index (χ3n) is 3.55. The summed E-state index contributed by atoms with van der Waals surface area (Å²) in [5.41, 5.74) is 5.61. The van der Waals surface area contributed by atoms with Crippen molar-refractivity contribution in [2.45, 2.75) is 24.2 Å². The van der Waals surface area contributed by atoms with E-state index in [1.54, 1.807) is 11.8 Å². The molecule has 19 heavy (non-hydrogen) atoms. The highest BCUT2D eigenvalue weighted by atomic mass is 32.2. The number of carbonyl (C=O) groups excluding carboxylic acids is 1. The van der Waals surface area contributed by atoms with Crippen molar-refractivity contribution in [2.75, 3.05) is 25.4 Å². The van der Waals surface area contributed by atoms with Crippen LogP contribution >= 0.6 is 11.8 Å². The average Bonchev–Trinajstić information content (AvgIpc) is 2.46. The molecule has 1 heterocycles. The van der Waals surface area contributed by atoms with Crippen molar-refractivity contribution >= 4 is 17.7 Å². The van der Waals surface area contributed by atoms with Gasteiger partial charge in [0.25, 0.3) is 0 Å². The number of nitrogens with two attached hydrogens (primary N) is 1. The van der Waals surface area contributed by atoms with E-state index in [1.165, 1.54) is 6.42 Å². The molecule has 1 atom stereocenters. The fraction of sp³-hybridized carbons (Fsp3) is 0.533. The fourth-order valence-corrected chi connectivity index (χ4v) is 3.34.